The molecule has 1 N–H and O–H groups in total. The lowest BCUT2D eigenvalue weighted by Gasteiger charge is -2.20. The Balaban J connectivity index is 1.80. The van der Waals surface area contributed by atoms with Crippen LogP contribution in [0.25, 0.3) is 0 Å². The molecule has 0 spiro atoms. The molecule has 0 aliphatic heterocycles. The molecule has 0 aliphatic carbocycles. The summed E-state index contributed by atoms with van der Waals surface area (Å²) in [5.41, 5.74) is 2.11. The van der Waals surface area contributed by atoms with Gasteiger partial charge in [-0.2, -0.15) is 0 Å². The van der Waals surface area contributed by atoms with E-state index in [1.165, 1.54) is 31.6 Å². The monoisotopic (exact) mass is 474 g/mol. The maximum Gasteiger partial charge on any atom is 0.264 e. The molecule has 7 nitrogen and oxygen atoms in total. The number of nitrogens with zero attached hydrogens (tertiary/aromatic N) is 1. The average molecular weight is 475 g/mol. The van der Waals surface area contributed by atoms with Crippen molar-refractivity contribution in [3.63, 3.8) is 0 Å². The molecule has 3 rings (SSSR count). The van der Waals surface area contributed by atoms with Crippen molar-refractivity contribution in [2.75, 3.05) is 30.9 Å². The normalized spacial score (nSPS) is 11.0. The van der Waals surface area contributed by atoms with Gasteiger partial charge >= 0.3 is 0 Å². The number of ether oxygens (including phenoxy) is 2. The number of halogens is 1. The number of rotatable bonds is 7. The number of aryl methyl sites for hydroxylation is 1. The number of methoxy groups -OCH3 is 2. The number of sulfonamides is 1. The Hall–Kier alpha value is -3.23. The van der Waals surface area contributed by atoms with Crippen LogP contribution < -0.4 is 19.1 Å². The van der Waals surface area contributed by atoms with E-state index in [1.807, 2.05) is 6.92 Å². The third kappa shape index (κ3) is 4.81. The van der Waals surface area contributed by atoms with E-state index in [1.54, 1.807) is 54.6 Å². The molecule has 0 aliphatic rings. The molecule has 0 fully saturated rings. The van der Waals surface area contributed by atoms with E-state index in [0.717, 1.165) is 5.56 Å². The zero-order valence-electron chi connectivity index (χ0n) is 18.0. The number of carbonyl (C=O) groups is 1. The van der Waals surface area contributed by atoms with Crippen molar-refractivity contribution in [1.82, 2.24) is 0 Å². The molecule has 1 amide bonds. The van der Waals surface area contributed by atoms with Crippen molar-refractivity contribution in [1.29, 1.82) is 0 Å². The second-order valence-corrected chi connectivity index (χ2v) is 9.35. The van der Waals surface area contributed by atoms with Crippen molar-refractivity contribution in [2.24, 2.45) is 0 Å². The minimum Gasteiger partial charge on any atom is -0.495 e. The van der Waals surface area contributed by atoms with Crippen LogP contribution in [0.2, 0.25) is 5.02 Å². The van der Waals surface area contributed by atoms with Crippen LogP contribution in [0.3, 0.4) is 0 Å². The van der Waals surface area contributed by atoms with Crippen LogP contribution >= 0.6 is 11.6 Å². The van der Waals surface area contributed by atoms with Gasteiger partial charge in [0.2, 0.25) is 0 Å². The number of hydrogen-bond acceptors (Lipinski definition) is 5. The molecule has 32 heavy (non-hydrogen) atoms. The lowest BCUT2D eigenvalue weighted by molar-refractivity contribution is 0.102. The second kappa shape index (κ2) is 9.50. The van der Waals surface area contributed by atoms with Crippen LogP contribution in [0, 0.1) is 6.92 Å². The minimum absolute atomic E-state index is 0.191. The number of carbonyl (C=O) groups excluding carboxylic acids is 1. The number of amides is 1. The fraction of sp³-hybridized carbons (Fsp3) is 0.174. The zero-order chi connectivity index (χ0) is 23.5. The minimum atomic E-state index is -3.72. The molecule has 168 valence electrons. The molecule has 3 aromatic rings. The van der Waals surface area contributed by atoms with Gasteiger partial charge in [-0.05, 0) is 49.4 Å². The van der Waals surface area contributed by atoms with E-state index in [9.17, 15) is 13.2 Å². The molecule has 0 aromatic heterocycles. The molecule has 9 heteroatoms. The summed E-state index contributed by atoms with van der Waals surface area (Å²) in [7, 11) is 0.698. The molecule has 0 atom stereocenters. The molecular weight excluding hydrogens is 452 g/mol. The van der Waals surface area contributed by atoms with Crippen molar-refractivity contribution in [2.45, 2.75) is 11.8 Å². The zero-order valence-corrected chi connectivity index (χ0v) is 19.6. The van der Waals surface area contributed by atoms with E-state index in [0.29, 0.717) is 33.5 Å². The van der Waals surface area contributed by atoms with Crippen LogP contribution in [0.15, 0.2) is 65.6 Å². The van der Waals surface area contributed by atoms with Gasteiger partial charge in [-0.3, -0.25) is 9.10 Å². The van der Waals surface area contributed by atoms with Gasteiger partial charge in [0.25, 0.3) is 15.9 Å². The summed E-state index contributed by atoms with van der Waals surface area (Å²) in [5, 5.41) is 3.07. The molecule has 3 aromatic carbocycles. The fourth-order valence-corrected chi connectivity index (χ4v) is 4.42. The molecule has 0 heterocycles. The van der Waals surface area contributed by atoms with Gasteiger partial charge in [0.1, 0.15) is 11.5 Å². The van der Waals surface area contributed by atoms with Crippen molar-refractivity contribution in [3.8, 4) is 11.5 Å². The Morgan fingerprint density at radius 2 is 1.53 bits per heavy atom. The van der Waals surface area contributed by atoms with E-state index < -0.39 is 15.9 Å². The van der Waals surface area contributed by atoms with Gasteiger partial charge in [0.05, 0.1) is 35.5 Å². The van der Waals surface area contributed by atoms with Crippen molar-refractivity contribution in [3.05, 3.63) is 76.8 Å². The Bertz CT molecular complexity index is 1230. The quantitative estimate of drug-likeness (QED) is 0.534. The second-order valence-electron chi connectivity index (χ2n) is 6.97. The fourth-order valence-electron chi connectivity index (χ4n) is 2.98. The summed E-state index contributed by atoms with van der Waals surface area (Å²) in [5.74, 6) is 0.406. The first-order valence-corrected chi connectivity index (χ1v) is 11.4. The Kier molecular flexibility index (Phi) is 6.96. The Morgan fingerprint density at radius 1 is 0.938 bits per heavy atom. The largest absolute Gasteiger partial charge is 0.495 e. The highest BCUT2D eigenvalue weighted by atomic mass is 35.5. The lowest BCUT2D eigenvalue weighted by atomic mass is 10.2. The van der Waals surface area contributed by atoms with Gasteiger partial charge < -0.3 is 14.8 Å². The van der Waals surface area contributed by atoms with Crippen molar-refractivity contribution < 1.29 is 22.7 Å². The topological polar surface area (TPSA) is 84.9 Å². The molecule has 0 unspecified atom stereocenters. The van der Waals surface area contributed by atoms with E-state index >= 15 is 0 Å². The lowest BCUT2D eigenvalue weighted by Crippen LogP contribution is -2.26. The molecule has 0 radical (unpaired) electrons. The highest BCUT2D eigenvalue weighted by Crippen LogP contribution is 2.36. The van der Waals surface area contributed by atoms with E-state index in [-0.39, 0.29) is 4.90 Å². The third-order valence-corrected chi connectivity index (χ3v) is 6.99. The maximum atomic E-state index is 12.9. The first kappa shape index (κ1) is 23.4. The predicted octanol–water partition coefficient (Wildman–Crippen LogP) is 4.74. The summed E-state index contributed by atoms with van der Waals surface area (Å²) < 4.78 is 37.4. The summed E-state index contributed by atoms with van der Waals surface area (Å²) in [6, 6.07) is 16.0. The van der Waals surface area contributed by atoms with Crippen molar-refractivity contribution >= 4 is 38.9 Å². The molecule has 0 saturated carbocycles. The van der Waals surface area contributed by atoms with Crippen LogP contribution in [-0.4, -0.2) is 35.6 Å². The average Bonchev–Trinajstić information content (AvgIpc) is 2.79. The highest BCUT2D eigenvalue weighted by Gasteiger charge is 2.21. The Morgan fingerprint density at radius 3 is 2.09 bits per heavy atom. The SMILES string of the molecule is COc1cc(OC)c(NC(=O)c2ccc(N(C)S(=O)(=O)c3ccc(C)cc3)cc2)cc1Cl. The van der Waals surface area contributed by atoms with Gasteiger partial charge in [0, 0.05) is 18.7 Å². The van der Waals surface area contributed by atoms with Gasteiger partial charge in [0.15, 0.2) is 0 Å². The predicted molar refractivity (Wildman–Crippen MR) is 126 cm³/mol. The summed E-state index contributed by atoms with van der Waals surface area (Å²) in [6.07, 6.45) is 0. The highest BCUT2D eigenvalue weighted by molar-refractivity contribution is 7.92. The van der Waals surface area contributed by atoms with Gasteiger partial charge in [-0.15, -0.1) is 0 Å². The number of anilines is 2. The van der Waals surface area contributed by atoms with Crippen LogP contribution in [0.1, 0.15) is 15.9 Å². The third-order valence-electron chi connectivity index (χ3n) is 4.89. The van der Waals surface area contributed by atoms with E-state index in [2.05, 4.69) is 5.32 Å². The van der Waals surface area contributed by atoms with Gasteiger partial charge in [-0.25, -0.2) is 8.42 Å². The first-order chi connectivity index (χ1) is 15.2. The first-order valence-electron chi connectivity index (χ1n) is 9.56. The molecule has 0 saturated heterocycles. The number of benzene rings is 3. The maximum absolute atomic E-state index is 12.9. The summed E-state index contributed by atoms with van der Waals surface area (Å²) in [6.45, 7) is 1.89. The van der Waals surface area contributed by atoms with E-state index in [4.69, 9.17) is 21.1 Å². The van der Waals surface area contributed by atoms with Crippen LogP contribution in [0.4, 0.5) is 11.4 Å². The summed E-state index contributed by atoms with van der Waals surface area (Å²) >= 11 is 6.15. The number of nitrogens with one attached hydrogen (secondary N) is 1. The smallest absolute Gasteiger partial charge is 0.264 e. The molecule has 0 bridgehead atoms. The Labute approximate surface area is 192 Å². The van der Waals surface area contributed by atoms with Crippen LogP contribution in [-0.2, 0) is 10.0 Å². The standard InChI is InChI=1S/C23H23ClN2O5S/c1-15-5-11-18(12-6-15)32(28,29)26(2)17-9-7-16(8-10-17)23(27)25-20-13-19(24)21(30-3)14-22(20)31-4/h5-14H,1-4H3,(H,25,27). The summed E-state index contributed by atoms with van der Waals surface area (Å²) in [4.78, 5) is 12.9. The van der Waals surface area contributed by atoms with Gasteiger partial charge in [-0.1, -0.05) is 29.3 Å². The van der Waals surface area contributed by atoms with Crippen LogP contribution in [0.5, 0.6) is 11.5 Å². The molecular formula is C23H23ClN2O5S. The number of hydrogen-bond donors (Lipinski definition) is 1.